The molecule has 0 spiro atoms. The van der Waals surface area contributed by atoms with Crippen molar-refractivity contribution in [1.82, 2.24) is 4.98 Å². The number of nitrogens with zero attached hydrogens (tertiary/aromatic N) is 3. The molecule has 15 heavy (non-hydrogen) atoms. The minimum atomic E-state index is -0.462. The largest absolute Gasteiger partial charge is 0.366 e. The van der Waals surface area contributed by atoms with Gasteiger partial charge >= 0.3 is 0 Å². The normalized spacial score (nSPS) is 17.1. The van der Waals surface area contributed by atoms with Crippen molar-refractivity contribution in [2.45, 2.75) is 0 Å². The molecule has 0 radical (unpaired) electrons. The number of nitrogens with two attached hydrogens (primary N) is 1. The molecule has 5 nitrogen and oxygen atoms in total. The molecule has 0 saturated carbocycles. The molecule has 0 aromatic carbocycles. The molecule has 0 bridgehead atoms. The summed E-state index contributed by atoms with van der Waals surface area (Å²) in [4.78, 5) is 18.8. The minimum absolute atomic E-state index is 0.462. The van der Waals surface area contributed by atoms with E-state index in [1.807, 2.05) is 36.0 Å². The van der Waals surface area contributed by atoms with E-state index in [0.717, 1.165) is 17.3 Å². The molecule has 1 aromatic rings. The van der Waals surface area contributed by atoms with Gasteiger partial charge in [-0.05, 0) is 12.1 Å². The Morgan fingerprint density at radius 2 is 2.20 bits per heavy atom. The Morgan fingerprint density at radius 3 is 2.80 bits per heavy atom. The number of carbonyl (C=O) groups is 1. The van der Waals surface area contributed by atoms with Crippen molar-refractivity contribution in [1.29, 1.82) is 0 Å². The lowest BCUT2D eigenvalue weighted by molar-refractivity contribution is -0.113. The second-order valence-corrected chi connectivity index (χ2v) is 3.37. The van der Waals surface area contributed by atoms with Crippen LogP contribution in [0.15, 0.2) is 30.2 Å². The number of hydrogen-bond donors (Lipinski definition) is 1. The van der Waals surface area contributed by atoms with Gasteiger partial charge < -0.3 is 15.5 Å². The maximum absolute atomic E-state index is 10.9. The fourth-order valence-electron chi connectivity index (χ4n) is 1.69. The molecular formula is C10H12N4O. The average molecular weight is 204 g/mol. The summed E-state index contributed by atoms with van der Waals surface area (Å²) in [5, 5.41) is 0. The van der Waals surface area contributed by atoms with Crippen molar-refractivity contribution in [3.05, 3.63) is 30.2 Å². The molecule has 1 aliphatic rings. The van der Waals surface area contributed by atoms with E-state index in [-0.39, 0.29) is 0 Å². The van der Waals surface area contributed by atoms with E-state index in [1.165, 1.54) is 6.08 Å². The highest BCUT2D eigenvalue weighted by atomic mass is 16.1. The Balaban J connectivity index is 2.49. The van der Waals surface area contributed by atoms with Crippen LogP contribution in [0.5, 0.6) is 0 Å². The predicted molar refractivity (Wildman–Crippen MR) is 58.3 cm³/mol. The Hall–Kier alpha value is -2.04. The quantitative estimate of drug-likeness (QED) is 0.668. The smallest absolute Gasteiger partial charge is 0.245 e. The minimum Gasteiger partial charge on any atom is -0.366 e. The molecule has 1 amide bonds. The van der Waals surface area contributed by atoms with E-state index in [0.29, 0.717) is 0 Å². The van der Waals surface area contributed by atoms with E-state index < -0.39 is 5.91 Å². The number of pyridine rings is 1. The molecule has 0 fully saturated rings. The van der Waals surface area contributed by atoms with Crippen LogP contribution in [0.3, 0.4) is 0 Å². The maximum Gasteiger partial charge on any atom is 0.245 e. The van der Waals surface area contributed by atoms with Crippen molar-refractivity contribution in [2.75, 3.05) is 23.9 Å². The van der Waals surface area contributed by atoms with Crippen LogP contribution in [0.1, 0.15) is 0 Å². The first-order valence-electron chi connectivity index (χ1n) is 4.55. The summed E-state index contributed by atoms with van der Waals surface area (Å²) < 4.78 is 0. The lowest BCUT2D eigenvalue weighted by Crippen LogP contribution is -2.24. The molecule has 1 aliphatic heterocycles. The highest BCUT2D eigenvalue weighted by Crippen LogP contribution is 2.36. The summed E-state index contributed by atoms with van der Waals surface area (Å²) in [6.07, 6.45) is 3.11. The van der Waals surface area contributed by atoms with E-state index in [9.17, 15) is 4.79 Å². The van der Waals surface area contributed by atoms with Crippen LogP contribution in [0.4, 0.5) is 11.5 Å². The van der Waals surface area contributed by atoms with Crippen molar-refractivity contribution in [3.8, 4) is 0 Å². The van der Waals surface area contributed by atoms with Gasteiger partial charge in [-0.25, -0.2) is 4.98 Å². The lowest BCUT2D eigenvalue weighted by atomic mass is 10.4. The number of carbonyl (C=O) groups excluding carboxylic acids is 1. The maximum atomic E-state index is 10.9. The SMILES string of the molecule is CN1/C(=C\C(N)=O)N(C)c2ncccc21. The molecule has 78 valence electrons. The molecule has 0 atom stereocenters. The summed E-state index contributed by atoms with van der Waals surface area (Å²) in [5.74, 6) is 1.10. The highest BCUT2D eigenvalue weighted by Gasteiger charge is 2.27. The van der Waals surface area contributed by atoms with Crippen molar-refractivity contribution in [3.63, 3.8) is 0 Å². The first-order chi connectivity index (χ1) is 7.11. The fraction of sp³-hybridized carbons (Fsp3) is 0.200. The molecule has 1 aromatic heterocycles. The molecule has 0 unspecified atom stereocenters. The molecule has 2 rings (SSSR count). The molecule has 5 heteroatoms. The molecular weight excluding hydrogens is 192 g/mol. The average Bonchev–Trinajstić information content (AvgIpc) is 2.44. The molecule has 0 saturated heterocycles. The first-order valence-corrected chi connectivity index (χ1v) is 4.55. The number of aromatic nitrogens is 1. The van der Waals surface area contributed by atoms with Crippen LogP contribution in [0, 0.1) is 0 Å². The number of rotatable bonds is 1. The third-order valence-corrected chi connectivity index (χ3v) is 2.40. The summed E-state index contributed by atoms with van der Waals surface area (Å²) >= 11 is 0. The number of hydrogen-bond acceptors (Lipinski definition) is 4. The van der Waals surface area contributed by atoms with Crippen molar-refractivity contribution < 1.29 is 4.79 Å². The third-order valence-electron chi connectivity index (χ3n) is 2.40. The first kappa shape index (κ1) is 9.51. The summed E-state index contributed by atoms with van der Waals surface area (Å²) in [6.45, 7) is 0. The monoisotopic (exact) mass is 204 g/mol. The van der Waals surface area contributed by atoms with E-state index in [4.69, 9.17) is 5.73 Å². The van der Waals surface area contributed by atoms with Gasteiger partial charge in [0.05, 0.1) is 5.69 Å². The molecule has 2 heterocycles. The van der Waals surface area contributed by atoms with Crippen LogP contribution < -0.4 is 15.5 Å². The zero-order valence-corrected chi connectivity index (χ0v) is 8.64. The number of primary amides is 1. The van der Waals surface area contributed by atoms with Gasteiger partial charge in [0.1, 0.15) is 5.82 Å². The van der Waals surface area contributed by atoms with E-state index >= 15 is 0 Å². The number of anilines is 2. The molecule has 0 aliphatic carbocycles. The van der Waals surface area contributed by atoms with Gasteiger partial charge in [-0.15, -0.1) is 0 Å². The Kier molecular flexibility index (Phi) is 2.07. The zero-order chi connectivity index (χ0) is 11.0. The summed E-state index contributed by atoms with van der Waals surface area (Å²) in [7, 11) is 3.73. The standard InChI is InChI=1S/C10H12N4O/c1-13-7-4-3-5-12-10(7)14(2)9(13)6-8(11)15/h3-6H,1-2H3,(H2,11,15)/b9-6+. The summed E-state index contributed by atoms with van der Waals surface area (Å²) in [5.41, 5.74) is 6.11. The fourth-order valence-corrected chi connectivity index (χ4v) is 1.69. The van der Waals surface area contributed by atoms with Crippen LogP contribution in [0.25, 0.3) is 0 Å². The van der Waals surface area contributed by atoms with Gasteiger partial charge in [0.2, 0.25) is 5.91 Å². The number of amides is 1. The van der Waals surface area contributed by atoms with E-state index in [2.05, 4.69) is 4.98 Å². The van der Waals surface area contributed by atoms with Gasteiger partial charge in [0.15, 0.2) is 5.82 Å². The Morgan fingerprint density at radius 1 is 1.47 bits per heavy atom. The van der Waals surface area contributed by atoms with Gasteiger partial charge in [-0.1, -0.05) is 0 Å². The Bertz CT molecular complexity index is 410. The molecule has 2 N–H and O–H groups in total. The number of fused-ring (bicyclic) bond motifs is 1. The van der Waals surface area contributed by atoms with Gasteiger partial charge in [0.25, 0.3) is 0 Å². The lowest BCUT2D eigenvalue weighted by Gasteiger charge is -2.16. The van der Waals surface area contributed by atoms with Crippen LogP contribution in [0.2, 0.25) is 0 Å². The topological polar surface area (TPSA) is 62.5 Å². The zero-order valence-electron chi connectivity index (χ0n) is 8.64. The van der Waals surface area contributed by atoms with Gasteiger partial charge in [0, 0.05) is 26.4 Å². The highest BCUT2D eigenvalue weighted by molar-refractivity contribution is 5.90. The second-order valence-electron chi connectivity index (χ2n) is 3.37. The van der Waals surface area contributed by atoms with Gasteiger partial charge in [-0.3, -0.25) is 4.79 Å². The van der Waals surface area contributed by atoms with Crippen LogP contribution >= 0.6 is 0 Å². The third kappa shape index (κ3) is 1.41. The predicted octanol–water partition coefficient (Wildman–Crippen LogP) is 0.294. The van der Waals surface area contributed by atoms with Crippen molar-refractivity contribution in [2.24, 2.45) is 5.73 Å². The van der Waals surface area contributed by atoms with Gasteiger partial charge in [-0.2, -0.15) is 0 Å². The summed E-state index contributed by atoms with van der Waals surface area (Å²) in [6, 6.07) is 3.80. The van der Waals surface area contributed by atoms with Crippen LogP contribution in [-0.4, -0.2) is 25.0 Å². The van der Waals surface area contributed by atoms with Crippen LogP contribution in [-0.2, 0) is 4.79 Å². The Labute approximate surface area is 87.8 Å². The van der Waals surface area contributed by atoms with Crippen molar-refractivity contribution >= 4 is 17.4 Å². The second kappa shape index (κ2) is 3.27. The van der Waals surface area contributed by atoms with E-state index in [1.54, 1.807) is 6.20 Å².